The lowest BCUT2D eigenvalue weighted by Crippen LogP contribution is -2.53. The molecule has 0 unspecified atom stereocenters. The van der Waals surface area contributed by atoms with Crippen molar-refractivity contribution in [2.75, 3.05) is 0 Å². The van der Waals surface area contributed by atoms with Crippen molar-refractivity contribution < 1.29 is 28.5 Å². The lowest BCUT2D eigenvalue weighted by atomic mass is 9.94. The van der Waals surface area contributed by atoms with Gasteiger partial charge >= 0.3 is 12.1 Å². The van der Waals surface area contributed by atoms with Crippen molar-refractivity contribution in [3.63, 3.8) is 0 Å². The predicted molar refractivity (Wildman–Crippen MR) is 192 cm³/mol. The van der Waals surface area contributed by atoms with Gasteiger partial charge in [0.05, 0.1) is 14.6 Å². The minimum absolute atomic E-state index is 0.155. The first kappa shape index (κ1) is 35.2. The first-order valence-electron chi connectivity index (χ1n) is 14.8. The molecule has 1 N–H and O–H groups in total. The van der Waals surface area contributed by atoms with Gasteiger partial charge in [-0.2, -0.15) is 0 Å². The molecular formula is C37H37BrINO6. The predicted octanol–water partition coefficient (Wildman–Crippen LogP) is 9.12. The summed E-state index contributed by atoms with van der Waals surface area (Å²) in [6.45, 7) is 7.61. The summed E-state index contributed by atoms with van der Waals surface area (Å²) < 4.78 is 25.7. The maximum absolute atomic E-state index is 14.2. The number of amides is 1. The first-order valence-corrected chi connectivity index (χ1v) is 16.7. The summed E-state index contributed by atoms with van der Waals surface area (Å²) in [6.07, 6.45) is 0.0695. The van der Waals surface area contributed by atoms with Crippen LogP contribution in [0.1, 0.15) is 44.4 Å². The Balaban J connectivity index is 1.77. The molecule has 0 saturated heterocycles. The van der Waals surface area contributed by atoms with Crippen LogP contribution < -0.4 is 14.8 Å². The molecule has 0 aromatic heterocycles. The van der Waals surface area contributed by atoms with Crippen LogP contribution in [0.25, 0.3) is 5.57 Å². The van der Waals surface area contributed by atoms with E-state index in [-0.39, 0.29) is 6.61 Å². The molecule has 4 aromatic rings. The number of carbonyl (C=O) groups is 2. The van der Waals surface area contributed by atoms with Crippen LogP contribution in [0.4, 0.5) is 4.79 Å². The number of carbonyl (C=O) groups excluding carboxylic acids is 2. The molecule has 1 amide bonds. The van der Waals surface area contributed by atoms with E-state index in [9.17, 15) is 9.59 Å². The van der Waals surface area contributed by atoms with Crippen molar-refractivity contribution in [3.8, 4) is 11.5 Å². The quantitative estimate of drug-likeness (QED) is 0.0876. The van der Waals surface area contributed by atoms with Gasteiger partial charge in [-0.3, -0.25) is 0 Å². The van der Waals surface area contributed by atoms with Gasteiger partial charge in [0.1, 0.15) is 24.1 Å². The minimum atomic E-state index is -1.31. The second-order valence-electron chi connectivity index (χ2n) is 11.3. The van der Waals surface area contributed by atoms with Crippen LogP contribution in [0, 0.1) is 3.57 Å². The molecule has 0 radical (unpaired) electrons. The molecule has 0 heterocycles. The summed E-state index contributed by atoms with van der Waals surface area (Å²) >= 11 is 5.58. The Hall–Kier alpha value is -3.67. The van der Waals surface area contributed by atoms with Crippen LogP contribution in [0.3, 0.4) is 0 Å². The number of benzene rings is 4. The Bertz CT molecular complexity index is 1620. The molecule has 0 spiro atoms. The Morgan fingerprint density at radius 1 is 0.848 bits per heavy atom. The van der Waals surface area contributed by atoms with Gasteiger partial charge in [0.25, 0.3) is 0 Å². The summed E-state index contributed by atoms with van der Waals surface area (Å²) in [4.78, 5) is 27.4. The molecule has 240 valence electrons. The Labute approximate surface area is 292 Å². The fourth-order valence-corrected chi connectivity index (χ4v) is 6.03. The number of halogens is 2. The van der Waals surface area contributed by atoms with Gasteiger partial charge in [-0.1, -0.05) is 91.0 Å². The number of nitrogens with one attached hydrogen (secondary N) is 1. The van der Waals surface area contributed by atoms with Gasteiger partial charge in [0.15, 0.2) is 11.8 Å². The first-order chi connectivity index (χ1) is 22.1. The molecule has 9 heteroatoms. The molecule has 0 aliphatic heterocycles. The molecule has 0 saturated carbocycles. The fourth-order valence-electron chi connectivity index (χ4n) is 4.60. The maximum Gasteiger partial charge on any atom is 0.408 e. The molecule has 4 rings (SSSR count). The van der Waals surface area contributed by atoms with Crippen molar-refractivity contribution in [1.82, 2.24) is 5.32 Å². The maximum atomic E-state index is 14.2. The van der Waals surface area contributed by atoms with Crippen molar-refractivity contribution in [2.24, 2.45) is 0 Å². The molecular weight excluding hydrogens is 761 g/mol. The lowest BCUT2D eigenvalue weighted by molar-refractivity contribution is -0.140. The largest absolute Gasteiger partial charge is 0.488 e. The van der Waals surface area contributed by atoms with Crippen molar-refractivity contribution in [3.05, 3.63) is 134 Å². The standard InChI is InChI=1S/C37H37BrINO6/c1-5-27(28-19-12-13-22-31(28)43-23-25-15-8-6-9-16-25)33(44-24-26-17-10-7-11-18-26)32(40-36(42)46-37(2,3)4)35(41)45-34-29(38)20-14-21-30(34)39/h5-22,32-33H,23-24H2,1-4H3,(H,40,42)/b27-5+/t32-,33-/m1/s1. The minimum Gasteiger partial charge on any atom is -0.488 e. The Kier molecular flexibility index (Phi) is 12.8. The smallest absolute Gasteiger partial charge is 0.408 e. The van der Waals surface area contributed by atoms with Crippen molar-refractivity contribution in [1.29, 1.82) is 0 Å². The summed E-state index contributed by atoms with van der Waals surface area (Å²) in [6, 6.07) is 31.1. The molecule has 0 fully saturated rings. The van der Waals surface area contributed by atoms with Crippen molar-refractivity contribution in [2.45, 2.75) is 58.7 Å². The number of ether oxygens (including phenoxy) is 4. The highest BCUT2D eigenvalue weighted by Gasteiger charge is 2.38. The van der Waals surface area contributed by atoms with E-state index >= 15 is 0 Å². The third kappa shape index (κ3) is 10.2. The van der Waals surface area contributed by atoms with Gasteiger partial charge in [0.2, 0.25) is 0 Å². The highest BCUT2D eigenvalue weighted by Crippen LogP contribution is 2.34. The zero-order chi connectivity index (χ0) is 33.1. The molecule has 46 heavy (non-hydrogen) atoms. The van der Waals surface area contributed by atoms with E-state index in [0.717, 1.165) is 11.1 Å². The zero-order valence-corrected chi connectivity index (χ0v) is 29.9. The second kappa shape index (κ2) is 16.8. The summed E-state index contributed by atoms with van der Waals surface area (Å²) in [7, 11) is 0. The average Bonchev–Trinajstić information content (AvgIpc) is 3.03. The number of para-hydroxylation sites is 2. The van der Waals surface area contributed by atoms with Gasteiger partial charge in [0, 0.05) is 5.56 Å². The van der Waals surface area contributed by atoms with Crippen LogP contribution in [0.15, 0.2) is 114 Å². The van der Waals surface area contributed by atoms with Gasteiger partial charge in [-0.25, -0.2) is 9.59 Å². The van der Waals surface area contributed by atoms with Crippen LogP contribution in [-0.2, 0) is 27.5 Å². The third-order valence-electron chi connectivity index (χ3n) is 6.68. The van der Waals surface area contributed by atoms with Crippen LogP contribution >= 0.6 is 38.5 Å². The summed E-state index contributed by atoms with van der Waals surface area (Å²) in [5.74, 6) is 0.202. The highest BCUT2D eigenvalue weighted by molar-refractivity contribution is 14.1. The molecule has 0 aliphatic carbocycles. The molecule has 7 nitrogen and oxygen atoms in total. The number of allylic oxidation sites excluding steroid dienone is 1. The second-order valence-corrected chi connectivity index (χ2v) is 13.3. The Morgan fingerprint density at radius 2 is 1.46 bits per heavy atom. The average molecular weight is 799 g/mol. The van der Waals surface area contributed by atoms with Crippen LogP contribution in [0.5, 0.6) is 11.5 Å². The van der Waals surface area contributed by atoms with E-state index in [4.69, 9.17) is 18.9 Å². The molecule has 0 aliphatic rings. The Morgan fingerprint density at radius 3 is 2.07 bits per heavy atom. The van der Waals surface area contributed by atoms with Gasteiger partial charge in [-0.15, -0.1) is 0 Å². The zero-order valence-electron chi connectivity index (χ0n) is 26.2. The normalized spacial score (nSPS) is 13.0. The summed E-state index contributed by atoms with van der Waals surface area (Å²) in [5.41, 5.74) is 2.42. The summed E-state index contributed by atoms with van der Waals surface area (Å²) in [5, 5.41) is 2.77. The van der Waals surface area contributed by atoms with E-state index in [0.29, 0.717) is 37.3 Å². The van der Waals surface area contributed by atoms with E-state index in [2.05, 4.69) is 43.8 Å². The molecule has 0 bridgehead atoms. The van der Waals surface area contributed by atoms with Crippen molar-refractivity contribution >= 4 is 56.2 Å². The van der Waals surface area contributed by atoms with E-state index in [1.165, 1.54) is 0 Å². The van der Waals surface area contributed by atoms with Crippen LogP contribution in [-0.4, -0.2) is 29.8 Å². The monoisotopic (exact) mass is 797 g/mol. The number of hydrogen-bond donors (Lipinski definition) is 1. The molecule has 2 atom stereocenters. The number of rotatable bonds is 12. The number of hydrogen-bond acceptors (Lipinski definition) is 6. The lowest BCUT2D eigenvalue weighted by Gasteiger charge is -2.31. The van der Waals surface area contributed by atoms with E-state index in [1.54, 1.807) is 26.8 Å². The van der Waals surface area contributed by atoms with Crippen LogP contribution in [0.2, 0.25) is 0 Å². The van der Waals surface area contributed by atoms with E-state index in [1.807, 2.05) is 110 Å². The number of esters is 1. The number of alkyl carbamates (subject to hydrolysis) is 1. The van der Waals surface area contributed by atoms with Gasteiger partial charge in [-0.05, 0) is 101 Å². The van der Waals surface area contributed by atoms with Gasteiger partial charge < -0.3 is 24.3 Å². The highest BCUT2D eigenvalue weighted by atomic mass is 127. The fraction of sp³-hybridized carbons (Fsp3) is 0.243. The topological polar surface area (TPSA) is 83.1 Å². The third-order valence-corrected chi connectivity index (χ3v) is 8.15. The SMILES string of the molecule is C/C=C(\c1ccccc1OCc1ccccc1)[C@@H](OCc1ccccc1)[C@@H](NC(=O)OC(C)(C)C)C(=O)Oc1c(Br)cccc1I. The van der Waals surface area contributed by atoms with E-state index < -0.39 is 29.8 Å². The molecule has 4 aromatic carbocycles.